The molecule has 0 saturated carbocycles. The number of carboxylic acids is 1. The van der Waals surface area contributed by atoms with Crippen LogP contribution in [0.25, 0.3) is 10.8 Å². The molecule has 1 atom stereocenters. The van der Waals surface area contributed by atoms with Crippen molar-refractivity contribution in [1.82, 2.24) is 10.2 Å². The van der Waals surface area contributed by atoms with Gasteiger partial charge < -0.3 is 20.1 Å². The van der Waals surface area contributed by atoms with E-state index < -0.39 is 42.7 Å². The Labute approximate surface area is 213 Å². The normalized spacial score (nSPS) is 13.5. The van der Waals surface area contributed by atoms with Gasteiger partial charge in [-0.15, -0.1) is 0 Å². The van der Waals surface area contributed by atoms with E-state index in [0.29, 0.717) is 24.1 Å². The van der Waals surface area contributed by atoms with E-state index in [0.717, 1.165) is 16.3 Å². The predicted octanol–water partition coefficient (Wildman–Crippen LogP) is 2.15. The van der Waals surface area contributed by atoms with Crippen molar-refractivity contribution in [2.45, 2.75) is 25.3 Å². The number of hydrogen-bond donors (Lipinski definition) is 2. The van der Waals surface area contributed by atoms with Gasteiger partial charge in [-0.1, -0.05) is 60.7 Å². The average molecular weight is 503 g/mol. The molecule has 0 aliphatic carbocycles. The number of Topliss-reactive ketones (excluding diaryl/α,β-unsaturated/α-hetero) is 1. The minimum absolute atomic E-state index is 0.0629. The Hall–Kier alpha value is -4.53. The molecule has 0 spiro atoms. The van der Waals surface area contributed by atoms with Gasteiger partial charge >= 0.3 is 11.9 Å². The van der Waals surface area contributed by atoms with Crippen molar-refractivity contribution >= 4 is 40.3 Å². The number of carboxylic acid groups (broad SMARTS) is 1. The summed E-state index contributed by atoms with van der Waals surface area (Å²) in [5.41, 5.74) is 2.12. The van der Waals surface area contributed by atoms with E-state index in [1.54, 1.807) is 18.2 Å². The van der Waals surface area contributed by atoms with E-state index >= 15 is 0 Å². The number of benzene rings is 3. The highest BCUT2D eigenvalue weighted by Crippen LogP contribution is 2.18. The van der Waals surface area contributed by atoms with E-state index in [1.807, 2.05) is 48.5 Å². The van der Waals surface area contributed by atoms with E-state index in [-0.39, 0.29) is 18.9 Å². The quantitative estimate of drug-likeness (QED) is 0.406. The van der Waals surface area contributed by atoms with E-state index in [9.17, 15) is 29.1 Å². The van der Waals surface area contributed by atoms with Crippen molar-refractivity contribution in [3.63, 3.8) is 0 Å². The monoisotopic (exact) mass is 502 g/mol. The lowest BCUT2D eigenvalue weighted by Crippen LogP contribution is -2.49. The summed E-state index contributed by atoms with van der Waals surface area (Å²) >= 11 is 0. The van der Waals surface area contributed by atoms with Gasteiger partial charge in [0.15, 0.2) is 12.4 Å². The molecule has 0 aromatic heterocycles. The molecule has 2 N–H and O–H groups in total. The van der Waals surface area contributed by atoms with Crippen LogP contribution in [0, 0.1) is 0 Å². The number of fused-ring (bicyclic) bond motifs is 2. The van der Waals surface area contributed by atoms with Crippen LogP contribution < -0.4 is 5.32 Å². The zero-order valence-electron chi connectivity index (χ0n) is 20.0. The molecule has 2 amide bonds. The van der Waals surface area contributed by atoms with Crippen molar-refractivity contribution in [3.8, 4) is 0 Å². The number of nitrogens with zero attached hydrogens (tertiary/aromatic N) is 1. The van der Waals surface area contributed by atoms with Crippen LogP contribution in [0.15, 0.2) is 66.7 Å². The lowest BCUT2D eigenvalue weighted by atomic mass is 9.99. The van der Waals surface area contributed by atoms with Gasteiger partial charge in [0.1, 0.15) is 6.04 Å². The highest BCUT2D eigenvalue weighted by atomic mass is 16.5. The highest BCUT2D eigenvalue weighted by Gasteiger charge is 2.29. The van der Waals surface area contributed by atoms with Gasteiger partial charge in [0.2, 0.25) is 5.91 Å². The first-order chi connectivity index (χ1) is 17.8. The number of carbonyl (C=O) groups is 5. The van der Waals surface area contributed by atoms with Crippen LogP contribution in [-0.2, 0) is 36.8 Å². The van der Waals surface area contributed by atoms with Gasteiger partial charge in [-0.3, -0.25) is 24.0 Å². The Morgan fingerprint density at radius 2 is 1.70 bits per heavy atom. The van der Waals surface area contributed by atoms with Crippen LogP contribution in [-0.4, -0.2) is 65.3 Å². The summed E-state index contributed by atoms with van der Waals surface area (Å²) in [5, 5.41) is 13.6. The summed E-state index contributed by atoms with van der Waals surface area (Å²) in [5.74, 6) is -3.68. The molecule has 190 valence electrons. The molecule has 1 unspecified atom stereocenters. The number of carbonyl (C=O) groups excluding carboxylic acids is 4. The summed E-state index contributed by atoms with van der Waals surface area (Å²) in [6.45, 7) is -0.674. The first kappa shape index (κ1) is 25.6. The van der Waals surface area contributed by atoms with E-state index in [1.165, 1.54) is 4.90 Å². The van der Waals surface area contributed by atoms with Crippen molar-refractivity contribution < 1.29 is 33.8 Å². The third kappa shape index (κ3) is 6.58. The Kier molecular flexibility index (Phi) is 7.92. The number of ketones is 1. The SMILES string of the molecule is O=C(O)CC(NC(=O)CN1CCc2ccccc2C1=O)C(=O)COC(=O)Cc1ccc2ccccc2c1. The number of hydrogen-bond acceptors (Lipinski definition) is 6. The lowest BCUT2D eigenvalue weighted by molar-refractivity contribution is -0.148. The van der Waals surface area contributed by atoms with Gasteiger partial charge in [-0.05, 0) is 34.4 Å². The fraction of sp³-hybridized carbons (Fsp3) is 0.250. The third-order valence-electron chi connectivity index (χ3n) is 6.16. The molecule has 37 heavy (non-hydrogen) atoms. The second-order valence-electron chi connectivity index (χ2n) is 8.84. The first-order valence-corrected chi connectivity index (χ1v) is 11.8. The topological polar surface area (TPSA) is 130 Å². The number of ether oxygens (including phenoxy) is 1. The molecule has 3 aromatic rings. The van der Waals surface area contributed by atoms with Gasteiger partial charge in [-0.25, -0.2) is 0 Å². The fourth-order valence-corrected chi connectivity index (χ4v) is 4.28. The zero-order valence-corrected chi connectivity index (χ0v) is 20.0. The number of esters is 1. The molecule has 0 radical (unpaired) electrons. The third-order valence-corrected chi connectivity index (χ3v) is 6.16. The van der Waals surface area contributed by atoms with Gasteiger partial charge in [0, 0.05) is 12.1 Å². The molecular weight excluding hydrogens is 476 g/mol. The highest BCUT2D eigenvalue weighted by molar-refractivity contribution is 5.99. The predicted molar refractivity (Wildman–Crippen MR) is 134 cm³/mol. The number of aliphatic carboxylic acids is 1. The number of nitrogens with one attached hydrogen (secondary N) is 1. The summed E-state index contributed by atoms with van der Waals surface area (Å²) in [4.78, 5) is 62.8. The molecule has 1 heterocycles. The molecular formula is C28H26N2O7. The molecule has 9 heteroatoms. The Balaban J connectivity index is 1.31. The van der Waals surface area contributed by atoms with E-state index in [4.69, 9.17) is 4.74 Å². The van der Waals surface area contributed by atoms with Crippen LogP contribution in [0.3, 0.4) is 0 Å². The van der Waals surface area contributed by atoms with Crippen molar-refractivity contribution in [1.29, 1.82) is 0 Å². The molecule has 0 bridgehead atoms. The summed E-state index contributed by atoms with van der Waals surface area (Å²) in [6.07, 6.45) is -0.157. The number of rotatable bonds is 10. The lowest BCUT2D eigenvalue weighted by Gasteiger charge is -2.28. The molecule has 9 nitrogen and oxygen atoms in total. The summed E-state index contributed by atoms with van der Waals surface area (Å²) in [6, 6.07) is 18.9. The van der Waals surface area contributed by atoms with Crippen LogP contribution in [0.2, 0.25) is 0 Å². The Bertz CT molecular complexity index is 1370. The molecule has 4 rings (SSSR count). The second-order valence-corrected chi connectivity index (χ2v) is 8.84. The Morgan fingerprint density at radius 3 is 2.49 bits per heavy atom. The maximum atomic E-state index is 12.7. The standard InChI is InChI=1S/C28H26N2O7/c31-24(17-37-27(35)14-18-9-10-19-5-1-2-7-21(19)13-18)23(15-26(33)34)29-25(32)16-30-12-11-20-6-3-4-8-22(20)28(30)36/h1-10,13,23H,11-12,14-17H2,(H,29,32)(H,33,34). The van der Waals surface area contributed by atoms with Crippen molar-refractivity contribution in [3.05, 3.63) is 83.4 Å². The zero-order chi connectivity index (χ0) is 26.4. The van der Waals surface area contributed by atoms with Crippen molar-refractivity contribution in [2.75, 3.05) is 19.7 Å². The maximum absolute atomic E-state index is 12.7. The number of amides is 2. The van der Waals surface area contributed by atoms with E-state index in [2.05, 4.69) is 5.32 Å². The molecule has 0 fully saturated rings. The van der Waals surface area contributed by atoms with Gasteiger partial charge in [0.25, 0.3) is 5.91 Å². The maximum Gasteiger partial charge on any atom is 0.310 e. The smallest absolute Gasteiger partial charge is 0.310 e. The average Bonchev–Trinajstić information content (AvgIpc) is 2.88. The molecule has 0 saturated heterocycles. The van der Waals surface area contributed by atoms with Crippen LogP contribution in [0.1, 0.15) is 27.9 Å². The van der Waals surface area contributed by atoms with Crippen LogP contribution in [0.4, 0.5) is 0 Å². The minimum atomic E-state index is -1.40. The summed E-state index contributed by atoms with van der Waals surface area (Å²) in [7, 11) is 0. The van der Waals surface area contributed by atoms with Gasteiger partial charge in [0.05, 0.1) is 19.4 Å². The minimum Gasteiger partial charge on any atom is -0.481 e. The molecule has 1 aliphatic heterocycles. The van der Waals surface area contributed by atoms with Crippen LogP contribution in [0.5, 0.6) is 0 Å². The second kappa shape index (κ2) is 11.5. The largest absolute Gasteiger partial charge is 0.481 e. The Morgan fingerprint density at radius 1 is 0.973 bits per heavy atom. The molecule has 3 aromatic carbocycles. The molecule has 1 aliphatic rings. The fourth-order valence-electron chi connectivity index (χ4n) is 4.28. The first-order valence-electron chi connectivity index (χ1n) is 11.8. The van der Waals surface area contributed by atoms with Crippen molar-refractivity contribution in [2.24, 2.45) is 0 Å². The summed E-state index contributed by atoms with van der Waals surface area (Å²) < 4.78 is 5.07. The van der Waals surface area contributed by atoms with Crippen LogP contribution >= 0.6 is 0 Å². The van der Waals surface area contributed by atoms with Gasteiger partial charge in [-0.2, -0.15) is 0 Å².